The maximum Gasteiger partial charge on any atom is 0.391 e. The van der Waals surface area contributed by atoms with Crippen LogP contribution in [0.5, 0.6) is 0 Å². The standard InChI is InChI=1S/C14H22F3NO3/c1-18(8-2-3-13(20)21)12(19)9-10-4-6-11(7-5-10)14(15,16)17/h10-11H,2-9H2,1H3,(H,20,21). The molecular weight excluding hydrogens is 287 g/mol. The van der Waals surface area contributed by atoms with Crippen molar-refractivity contribution in [2.45, 2.75) is 51.1 Å². The highest BCUT2D eigenvalue weighted by Crippen LogP contribution is 2.40. The Bertz CT molecular complexity index is 363. The van der Waals surface area contributed by atoms with Crippen molar-refractivity contribution in [2.24, 2.45) is 11.8 Å². The second kappa shape index (κ2) is 7.66. The Balaban J connectivity index is 2.28. The number of carboxylic acid groups (broad SMARTS) is 1. The molecule has 0 atom stereocenters. The van der Waals surface area contributed by atoms with Crippen LogP contribution < -0.4 is 0 Å². The van der Waals surface area contributed by atoms with Crippen molar-refractivity contribution in [3.8, 4) is 0 Å². The first-order valence-corrected chi connectivity index (χ1v) is 7.22. The highest BCUT2D eigenvalue weighted by atomic mass is 19.4. The Morgan fingerprint density at radius 3 is 2.24 bits per heavy atom. The van der Waals surface area contributed by atoms with E-state index in [0.29, 0.717) is 25.8 Å². The summed E-state index contributed by atoms with van der Waals surface area (Å²) in [5.74, 6) is -2.23. The molecule has 0 heterocycles. The highest BCUT2D eigenvalue weighted by molar-refractivity contribution is 5.76. The highest BCUT2D eigenvalue weighted by Gasteiger charge is 2.41. The third-order valence-corrected chi connectivity index (χ3v) is 4.08. The molecule has 0 radical (unpaired) electrons. The van der Waals surface area contributed by atoms with Gasteiger partial charge in [0, 0.05) is 26.4 Å². The van der Waals surface area contributed by atoms with E-state index in [1.54, 1.807) is 7.05 Å². The zero-order valence-electron chi connectivity index (χ0n) is 12.2. The summed E-state index contributed by atoms with van der Waals surface area (Å²) in [6.07, 6.45) is -2.41. The number of carbonyl (C=O) groups is 2. The first-order valence-electron chi connectivity index (χ1n) is 7.22. The van der Waals surface area contributed by atoms with Crippen molar-refractivity contribution in [1.82, 2.24) is 4.90 Å². The van der Waals surface area contributed by atoms with Gasteiger partial charge in [-0.25, -0.2) is 0 Å². The second-order valence-corrected chi connectivity index (χ2v) is 5.78. The van der Waals surface area contributed by atoms with Gasteiger partial charge in [0.05, 0.1) is 5.92 Å². The molecule has 4 nitrogen and oxygen atoms in total. The number of hydrogen-bond donors (Lipinski definition) is 1. The fourth-order valence-corrected chi connectivity index (χ4v) is 2.69. The fraction of sp³-hybridized carbons (Fsp3) is 0.857. The van der Waals surface area contributed by atoms with Crippen LogP contribution in [0.4, 0.5) is 13.2 Å². The molecule has 0 bridgehead atoms. The van der Waals surface area contributed by atoms with E-state index in [4.69, 9.17) is 5.11 Å². The van der Waals surface area contributed by atoms with E-state index in [9.17, 15) is 22.8 Å². The molecule has 21 heavy (non-hydrogen) atoms. The Morgan fingerprint density at radius 1 is 1.19 bits per heavy atom. The number of nitrogens with zero attached hydrogens (tertiary/aromatic N) is 1. The van der Waals surface area contributed by atoms with Crippen LogP contribution in [0.25, 0.3) is 0 Å². The van der Waals surface area contributed by atoms with Crippen LogP contribution in [-0.4, -0.2) is 41.7 Å². The fourth-order valence-electron chi connectivity index (χ4n) is 2.69. The quantitative estimate of drug-likeness (QED) is 0.820. The van der Waals surface area contributed by atoms with Crippen LogP contribution in [0, 0.1) is 11.8 Å². The maximum absolute atomic E-state index is 12.5. The van der Waals surface area contributed by atoms with Crippen molar-refractivity contribution in [1.29, 1.82) is 0 Å². The van der Waals surface area contributed by atoms with Crippen LogP contribution >= 0.6 is 0 Å². The zero-order chi connectivity index (χ0) is 16.0. The number of amides is 1. The van der Waals surface area contributed by atoms with Gasteiger partial charge in [0.25, 0.3) is 0 Å². The molecule has 0 unspecified atom stereocenters. The van der Waals surface area contributed by atoms with Crippen molar-refractivity contribution in [3.05, 3.63) is 0 Å². The van der Waals surface area contributed by atoms with E-state index in [1.807, 2.05) is 0 Å². The van der Waals surface area contributed by atoms with Crippen molar-refractivity contribution in [3.63, 3.8) is 0 Å². The number of rotatable bonds is 6. The lowest BCUT2D eigenvalue weighted by Crippen LogP contribution is -2.32. The van der Waals surface area contributed by atoms with Gasteiger partial charge in [-0.15, -0.1) is 0 Å². The molecule has 1 aliphatic carbocycles. The molecular formula is C14H22F3NO3. The van der Waals surface area contributed by atoms with E-state index < -0.39 is 18.1 Å². The average Bonchev–Trinajstić information content (AvgIpc) is 2.37. The lowest BCUT2D eigenvalue weighted by atomic mass is 9.80. The Labute approximate surface area is 122 Å². The normalized spacial score (nSPS) is 22.9. The Hall–Kier alpha value is -1.27. The van der Waals surface area contributed by atoms with Gasteiger partial charge in [-0.3, -0.25) is 9.59 Å². The molecule has 122 valence electrons. The molecule has 0 spiro atoms. The molecule has 0 aromatic heterocycles. The number of alkyl halides is 3. The van der Waals surface area contributed by atoms with E-state index in [0.717, 1.165) is 0 Å². The van der Waals surface area contributed by atoms with E-state index >= 15 is 0 Å². The predicted molar refractivity (Wildman–Crippen MR) is 70.6 cm³/mol. The molecule has 7 heteroatoms. The minimum Gasteiger partial charge on any atom is -0.481 e. The number of carboxylic acids is 1. The van der Waals surface area contributed by atoms with Gasteiger partial charge in [-0.05, 0) is 38.0 Å². The van der Waals surface area contributed by atoms with Crippen molar-refractivity contribution in [2.75, 3.05) is 13.6 Å². The Kier molecular flexibility index (Phi) is 6.48. The molecule has 0 saturated heterocycles. The monoisotopic (exact) mass is 309 g/mol. The molecule has 1 amide bonds. The van der Waals surface area contributed by atoms with Gasteiger partial charge in [0.1, 0.15) is 0 Å². The zero-order valence-corrected chi connectivity index (χ0v) is 12.2. The summed E-state index contributed by atoms with van der Waals surface area (Å²) in [7, 11) is 1.60. The number of halogens is 3. The van der Waals surface area contributed by atoms with Crippen LogP contribution in [0.3, 0.4) is 0 Å². The summed E-state index contributed by atoms with van der Waals surface area (Å²) < 4.78 is 37.6. The van der Waals surface area contributed by atoms with Crippen LogP contribution in [0.2, 0.25) is 0 Å². The molecule has 1 aliphatic rings. The Morgan fingerprint density at radius 2 is 1.76 bits per heavy atom. The van der Waals surface area contributed by atoms with Gasteiger partial charge in [0.15, 0.2) is 0 Å². The number of hydrogen-bond acceptors (Lipinski definition) is 2. The summed E-state index contributed by atoms with van der Waals surface area (Å²) in [4.78, 5) is 23.8. The summed E-state index contributed by atoms with van der Waals surface area (Å²) in [6.45, 7) is 0.364. The average molecular weight is 309 g/mol. The summed E-state index contributed by atoms with van der Waals surface area (Å²) in [6, 6.07) is 0. The third kappa shape index (κ3) is 6.35. The lowest BCUT2D eigenvalue weighted by molar-refractivity contribution is -0.184. The van der Waals surface area contributed by atoms with E-state index in [-0.39, 0.29) is 37.5 Å². The summed E-state index contributed by atoms with van der Waals surface area (Å²) >= 11 is 0. The summed E-state index contributed by atoms with van der Waals surface area (Å²) in [5.41, 5.74) is 0. The molecule has 1 fully saturated rings. The molecule has 1 saturated carbocycles. The van der Waals surface area contributed by atoms with Gasteiger partial charge in [0.2, 0.25) is 5.91 Å². The van der Waals surface area contributed by atoms with E-state index in [2.05, 4.69) is 0 Å². The number of carbonyl (C=O) groups excluding carboxylic acids is 1. The first-order chi connectivity index (χ1) is 9.70. The van der Waals surface area contributed by atoms with Crippen LogP contribution in [0.15, 0.2) is 0 Å². The minimum absolute atomic E-state index is 0.00825. The maximum atomic E-state index is 12.5. The third-order valence-electron chi connectivity index (χ3n) is 4.08. The molecule has 0 aromatic rings. The van der Waals surface area contributed by atoms with Crippen LogP contribution in [0.1, 0.15) is 44.9 Å². The van der Waals surface area contributed by atoms with Crippen molar-refractivity contribution < 1.29 is 27.9 Å². The number of aliphatic carboxylic acids is 1. The molecule has 0 aliphatic heterocycles. The molecule has 0 aromatic carbocycles. The minimum atomic E-state index is -4.12. The predicted octanol–water partition coefficient (Wildman–Crippen LogP) is 3.07. The SMILES string of the molecule is CN(CCCC(=O)O)C(=O)CC1CCC(C(F)(F)F)CC1. The van der Waals surface area contributed by atoms with Gasteiger partial charge >= 0.3 is 12.1 Å². The largest absolute Gasteiger partial charge is 0.481 e. The van der Waals surface area contributed by atoms with E-state index in [1.165, 1.54) is 4.90 Å². The van der Waals surface area contributed by atoms with Gasteiger partial charge < -0.3 is 10.0 Å². The topological polar surface area (TPSA) is 57.6 Å². The van der Waals surface area contributed by atoms with Crippen LogP contribution in [-0.2, 0) is 9.59 Å². The smallest absolute Gasteiger partial charge is 0.391 e. The lowest BCUT2D eigenvalue weighted by Gasteiger charge is -2.30. The van der Waals surface area contributed by atoms with Gasteiger partial charge in [-0.2, -0.15) is 13.2 Å². The summed E-state index contributed by atoms with van der Waals surface area (Å²) in [5, 5.41) is 8.52. The first kappa shape index (κ1) is 17.8. The van der Waals surface area contributed by atoms with Crippen molar-refractivity contribution >= 4 is 11.9 Å². The molecule has 1 rings (SSSR count). The molecule has 1 N–H and O–H groups in total. The van der Waals surface area contributed by atoms with Gasteiger partial charge in [-0.1, -0.05) is 0 Å². The second-order valence-electron chi connectivity index (χ2n) is 5.78.